The van der Waals surface area contributed by atoms with E-state index >= 15 is 0 Å². The second kappa shape index (κ2) is 3.68. The Balaban J connectivity index is 2.28. The number of aliphatic carboxylic acids is 1. The predicted octanol–water partition coefficient (Wildman–Crippen LogP) is 0.138. The van der Waals surface area contributed by atoms with Crippen molar-refractivity contribution in [2.45, 2.75) is 18.4 Å². The van der Waals surface area contributed by atoms with Crippen LogP contribution in [0.4, 0.5) is 0 Å². The normalized spacial score (nSPS) is 24.9. The van der Waals surface area contributed by atoms with Crippen molar-refractivity contribution in [2.24, 2.45) is 0 Å². The molecule has 1 aromatic heterocycles. The molecular weight excluding hydrogens is 196 g/mol. The molecule has 1 aliphatic heterocycles. The Bertz CT molecular complexity index is 391. The summed E-state index contributed by atoms with van der Waals surface area (Å²) in [5.74, 6) is -1.62. The van der Waals surface area contributed by atoms with Gasteiger partial charge in [0.1, 0.15) is 6.04 Å². The van der Waals surface area contributed by atoms with Crippen molar-refractivity contribution < 1.29 is 14.7 Å². The largest absolute Gasteiger partial charge is 0.480 e. The van der Waals surface area contributed by atoms with Gasteiger partial charge in [-0.25, -0.2) is 4.79 Å². The lowest BCUT2D eigenvalue weighted by Gasteiger charge is -2.13. The molecule has 1 saturated heterocycles. The Kier molecular flexibility index (Phi) is 2.37. The zero-order valence-electron chi connectivity index (χ0n) is 7.88. The van der Waals surface area contributed by atoms with Crippen LogP contribution in [0.1, 0.15) is 18.0 Å². The van der Waals surface area contributed by atoms with Crippen molar-refractivity contribution in [3.05, 3.63) is 30.1 Å². The number of pyridine rings is 1. The molecule has 0 spiro atoms. The predicted molar refractivity (Wildman–Crippen MR) is 51.2 cm³/mol. The minimum Gasteiger partial charge on any atom is -0.480 e. The fourth-order valence-electron chi connectivity index (χ4n) is 1.76. The third-order valence-corrected chi connectivity index (χ3v) is 2.46. The van der Waals surface area contributed by atoms with Crippen LogP contribution < -0.4 is 5.32 Å². The Hall–Kier alpha value is -1.91. The standard InChI is InChI=1S/C10H10N2O3/c13-8-5-6(9(12-8)10(14)15)7-3-1-2-4-11-7/h1-4,6,9H,5H2,(H,12,13)(H,14,15)/t6-,9-/m1/s1. The summed E-state index contributed by atoms with van der Waals surface area (Å²) < 4.78 is 0. The van der Waals surface area contributed by atoms with E-state index in [-0.39, 0.29) is 18.2 Å². The maximum Gasteiger partial charge on any atom is 0.326 e. The van der Waals surface area contributed by atoms with Crippen LogP contribution in [0.25, 0.3) is 0 Å². The molecule has 15 heavy (non-hydrogen) atoms. The van der Waals surface area contributed by atoms with Crippen LogP contribution in [0.2, 0.25) is 0 Å². The fourth-order valence-corrected chi connectivity index (χ4v) is 1.76. The van der Waals surface area contributed by atoms with Gasteiger partial charge in [0.15, 0.2) is 0 Å². The van der Waals surface area contributed by atoms with Gasteiger partial charge in [0.25, 0.3) is 0 Å². The van der Waals surface area contributed by atoms with Gasteiger partial charge in [-0.05, 0) is 12.1 Å². The first-order valence-electron chi connectivity index (χ1n) is 4.61. The van der Waals surface area contributed by atoms with Gasteiger partial charge >= 0.3 is 5.97 Å². The first-order chi connectivity index (χ1) is 7.18. The number of aromatic nitrogens is 1. The number of nitrogens with one attached hydrogen (secondary N) is 1. The van der Waals surface area contributed by atoms with Gasteiger partial charge in [0.2, 0.25) is 5.91 Å². The summed E-state index contributed by atoms with van der Waals surface area (Å²) in [6.07, 6.45) is 1.78. The van der Waals surface area contributed by atoms with Crippen LogP contribution >= 0.6 is 0 Å². The lowest BCUT2D eigenvalue weighted by Crippen LogP contribution is -2.36. The van der Waals surface area contributed by atoms with E-state index in [2.05, 4.69) is 10.3 Å². The number of nitrogens with zero attached hydrogens (tertiary/aromatic N) is 1. The molecule has 2 rings (SSSR count). The van der Waals surface area contributed by atoms with Gasteiger partial charge in [0.05, 0.1) is 0 Å². The second-order valence-electron chi connectivity index (χ2n) is 3.45. The fraction of sp³-hybridized carbons (Fsp3) is 0.300. The quantitative estimate of drug-likeness (QED) is 0.721. The molecule has 5 nitrogen and oxygen atoms in total. The summed E-state index contributed by atoms with van der Waals surface area (Å²) in [7, 11) is 0. The van der Waals surface area contributed by atoms with E-state index in [1.54, 1.807) is 24.4 Å². The zero-order valence-corrected chi connectivity index (χ0v) is 7.88. The van der Waals surface area contributed by atoms with Crippen LogP contribution in [-0.4, -0.2) is 28.0 Å². The maximum absolute atomic E-state index is 11.1. The molecule has 2 N–H and O–H groups in total. The van der Waals surface area contributed by atoms with Gasteiger partial charge in [-0.15, -0.1) is 0 Å². The van der Waals surface area contributed by atoms with Gasteiger partial charge < -0.3 is 10.4 Å². The average molecular weight is 206 g/mol. The number of carbonyl (C=O) groups is 2. The molecule has 1 amide bonds. The number of amides is 1. The summed E-state index contributed by atoms with van der Waals surface area (Å²) in [5, 5.41) is 11.3. The summed E-state index contributed by atoms with van der Waals surface area (Å²) in [6, 6.07) is 4.42. The molecule has 1 fully saturated rings. The molecule has 78 valence electrons. The molecule has 0 aliphatic carbocycles. The number of hydrogen-bond donors (Lipinski definition) is 2. The van der Waals surface area contributed by atoms with Gasteiger partial charge in [-0.2, -0.15) is 0 Å². The van der Waals surface area contributed by atoms with Crippen molar-refractivity contribution in [3.8, 4) is 0 Å². The molecule has 5 heteroatoms. The number of carboxylic acids is 1. The maximum atomic E-state index is 11.1. The van der Waals surface area contributed by atoms with E-state index in [0.29, 0.717) is 5.69 Å². The number of hydrogen-bond acceptors (Lipinski definition) is 3. The number of rotatable bonds is 2. The van der Waals surface area contributed by atoms with E-state index in [4.69, 9.17) is 5.11 Å². The van der Waals surface area contributed by atoms with Crippen LogP contribution in [0.15, 0.2) is 24.4 Å². The van der Waals surface area contributed by atoms with Gasteiger partial charge in [-0.3, -0.25) is 9.78 Å². The molecule has 2 heterocycles. The number of carbonyl (C=O) groups excluding carboxylic acids is 1. The van der Waals surface area contributed by atoms with Crippen LogP contribution in [-0.2, 0) is 9.59 Å². The first-order valence-corrected chi connectivity index (χ1v) is 4.61. The molecule has 0 bridgehead atoms. The second-order valence-corrected chi connectivity index (χ2v) is 3.45. The van der Waals surface area contributed by atoms with E-state index in [1.807, 2.05) is 0 Å². The highest BCUT2D eigenvalue weighted by Gasteiger charge is 2.38. The van der Waals surface area contributed by atoms with E-state index in [0.717, 1.165) is 0 Å². The molecular formula is C10H10N2O3. The topological polar surface area (TPSA) is 79.3 Å². The molecule has 1 aromatic rings. The van der Waals surface area contributed by atoms with Crippen molar-refractivity contribution >= 4 is 11.9 Å². The Labute approximate surface area is 86.1 Å². The lowest BCUT2D eigenvalue weighted by atomic mass is 9.96. The minimum absolute atomic E-state index is 0.188. The highest BCUT2D eigenvalue weighted by molar-refractivity contribution is 5.89. The van der Waals surface area contributed by atoms with E-state index in [1.165, 1.54) is 0 Å². The smallest absolute Gasteiger partial charge is 0.326 e. The monoisotopic (exact) mass is 206 g/mol. The minimum atomic E-state index is -1.02. The van der Waals surface area contributed by atoms with Gasteiger partial charge in [0, 0.05) is 24.2 Å². The molecule has 1 aliphatic rings. The molecule has 2 atom stereocenters. The highest BCUT2D eigenvalue weighted by Crippen LogP contribution is 2.26. The molecule has 0 unspecified atom stereocenters. The first kappa shape index (κ1) is 9.64. The number of carboxylic acid groups (broad SMARTS) is 1. The Morgan fingerprint density at radius 2 is 2.33 bits per heavy atom. The Morgan fingerprint density at radius 3 is 2.93 bits per heavy atom. The van der Waals surface area contributed by atoms with Gasteiger partial charge in [-0.1, -0.05) is 6.07 Å². The summed E-state index contributed by atoms with van der Waals surface area (Å²) in [5.41, 5.74) is 0.642. The average Bonchev–Trinajstić information content (AvgIpc) is 2.62. The summed E-state index contributed by atoms with van der Waals surface area (Å²) in [4.78, 5) is 26.1. The highest BCUT2D eigenvalue weighted by atomic mass is 16.4. The summed E-state index contributed by atoms with van der Waals surface area (Å²) >= 11 is 0. The SMILES string of the molecule is O=C1C[C@H](c2ccccn2)[C@H](C(=O)O)N1. The summed E-state index contributed by atoms with van der Waals surface area (Å²) in [6.45, 7) is 0. The van der Waals surface area contributed by atoms with Crippen molar-refractivity contribution in [1.29, 1.82) is 0 Å². The van der Waals surface area contributed by atoms with E-state index in [9.17, 15) is 9.59 Å². The molecule has 0 saturated carbocycles. The molecule has 0 radical (unpaired) electrons. The van der Waals surface area contributed by atoms with E-state index < -0.39 is 12.0 Å². The zero-order chi connectivity index (χ0) is 10.8. The third kappa shape index (κ3) is 1.81. The lowest BCUT2D eigenvalue weighted by molar-refractivity contribution is -0.140. The molecule has 0 aromatic carbocycles. The Morgan fingerprint density at radius 1 is 1.53 bits per heavy atom. The van der Waals surface area contributed by atoms with Crippen LogP contribution in [0, 0.1) is 0 Å². The van der Waals surface area contributed by atoms with Crippen molar-refractivity contribution in [3.63, 3.8) is 0 Å². The van der Waals surface area contributed by atoms with Crippen LogP contribution in [0.3, 0.4) is 0 Å². The van der Waals surface area contributed by atoms with Crippen molar-refractivity contribution in [2.75, 3.05) is 0 Å². The van der Waals surface area contributed by atoms with Crippen LogP contribution in [0.5, 0.6) is 0 Å². The third-order valence-electron chi connectivity index (χ3n) is 2.46. The van der Waals surface area contributed by atoms with Crippen molar-refractivity contribution in [1.82, 2.24) is 10.3 Å².